The molecule has 0 nitrogen and oxygen atoms in total. The molecular weight excluding hydrogens is 490 g/mol. The number of aryl methyl sites for hydroxylation is 4. The van der Waals surface area contributed by atoms with Gasteiger partial charge >= 0.3 is 71.4 Å². The minimum Gasteiger partial charge on any atom is -0.210 e. The van der Waals surface area contributed by atoms with Crippen LogP contribution in [-0.4, -0.2) is 6.16 Å². The molecule has 154 valence electrons. The van der Waals surface area contributed by atoms with Gasteiger partial charge < -0.3 is 0 Å². The summed E-state index contributed by atoms with van der Waals surface area (Å²) in [6.07, 6.45) is 11.6. The largest absolute Gasteiger partial charge is 0.210 e. The fourth-order valence-corrected chi connectivity index (χ4v) is 6.20. The summed E-state index contributed by atoms with van der Waals surface area (Å²) >= 11 is 1.72. The van der Waals surface area contributed by atoms with E-state index in [1.165, 1.54) is 63.0 Å². The molecule has 0 unspecified atom stereocenters. The zero-order chi connectivity index (χ0) is 18.7. The first-order chi connectivity index (χ1) is 13.4. The van der Waals surface area contributed by atoms with Crippen LogP contribution in [0.15, 0.2) is 66.7 Å². The van der Waals surface area contributed by atoms with E-state index in [1.807, 2.05) is 0 Å². The zero-order valence-electron chi connectivity index (χ0n) is 17.1. The van der Waals surface area contributed by atoms with Gasteiger partial charge in [0.2, 0.25) is 0 Å². The summed E-state index contributed by atoms with van der Waals surface area (Å²) in [5, 5.41) is 0. The maximum Gasteiger partial charge on any atom is -0.0512 e. The van der Waals surface area contributed by atoms with E-state index in [9.17, 15) is 0 Å². The number of halogens is 2. The van der Waals surface area contributed by atoms with Crippen molar-refractivity contribution < 1.29 is 23.3 Å². The third-order valence-electron chi connectivity index (χ3n) is 5.48. The molecule has 0 aliphatic heterocycles. The van der Waals surface area contributed by atoms with Gasteiger partial charge in [-0.3, -0.25) is 0 Å². The number of fused-ring (bicyclic) bond motifs is 2. The average molecular weight is 523 g/mol. The standard InChI is InChI=1S/2C9H11.C7H8Si.2ClH.Zr/c2*1-2-5-9-7-3-6-8(9)4-1;8-6-7-4-2-1-3-5-7;;;/h2*3,6-7H,1-2,4-5H2;1-5,8H,6H2;2*1H;/q2*-1;;;;+2. The van der Waals surface area contributed by atoms with E-state index in [0.717, 1.165) is 0 Å². The monoisotopic (exact) mass is 520 g/mol. The maximum absolute atomic E-state index is 2.26. The van der Waals surface area contributed by atoms with Gasteiger partial charge in [-0.05, 0) is 0 Å². The van der Waals surface area contributed by atoms with E-state index in [0.29, 0.717) is 6.16 Å². The van der Waals surface area contributed by atoms with E-state index < -0.39 is 0 Å². The summed E-state index contributed by atoms with van der Waals surface area (Å²) in [4.78, 5) is 0. The average Bonchev–Trinajstić information content (AvgIpc) is 3.39. The van der Waals surface area contributed by atoms with Crippen LogP contribution in [0.5, 0.6) is 0 Å². The molecule has 3 aromatic carbocycles. The zero-order valence-corrected chi connectivity index (χ0v) is 22.4. The van der Waals surface area contributed by atoms with Crippen molar-refractivity contribution in [1.82, 2.24) is 0 Å². The molecule has 0 saturated carbocycles. The molecule has 0 spiro atoms. The Labute approximate surface area is 205 Å². The van der Waals surface area contributed by atoms with Crippen LogP contribution in [0.1, 0.15) is 53.5 Å². The van der Waals surface area contributed by atoms with Gasteiger partial charge in [-0.25, -0.2) is 12.1 Å². The topological polar surface area (TPSA) is 0 Å². The van der Waals surface area contributed by atoms with Crippen LogP contribution < -0.4 is 0 Å². The van der Waals surface area contributed by atoms with Gasteiger partial charge in [0.1, 0.15) is 0 Å². The molecule has 0 bridgehead atoms. The first-order valence-electron chi connectivity index (χ1n) is 10.4. The molecule has 2 aliphatic carbocycles. The summed E-state index contributed by atoms with van der Waals surface area (Å²) in [5.41, 5.74) is 7.90. The third kappa shape index (κ3) is 9.09. The minimum atomic E-state index is 0. The van der Waals surface area contributed by atoms with Crippen molar-refractivity contribution in [3.8, 4) is 0 Å². The van der Waals surface area contributed by atoms with Gasteiger partial charge in [-0.1, -0.05) is 51.4 Å². The van der Waals surface area contributed by atoms with Crippen molar-refractivity contribution in [2.24, 2.45) is 0 Å². The third-order valence-corrected chi connectivity index (χ3v) is 7.66. The number of benzene rings is 1. The van der Waals surface area contributed by atoms with Gasteiger partial charge in [-0.2, -0.15) is 46.5 Å². The van der Waals surface area contributed by atoms with Crippen molar-refractivity contribution in [3.05, 3.63) is 94.5 Å². The van der Waals surface area contributed by atoms with Crippen LogP contribution >= 0.6 is 24.8 Å². The van der Waals surface area contributed by atoms with E-state index in [4.69, 9.17) is 0 Å². The summed E-state index contributed by atoms with van der Waals surface area (Å²) in [7, 11) is 0. The first kappa shape index (κ1) is 26.6. The molecule has 0 saturated heterocycles. The fourth-order valence-electron chi connectivity index (χ4n) is 3.96. The normalized spacial score (nSPS) is 13.6. The quantitative estimate of drug-likeness (QED) is 0.266. The molecule has 4 heteroatoms. The van der Waals surface area contributed by atoms with Crippen LogP contribution in [-0.2, 0) is 55.1 Å². The number of hydrogen-bond acceptors (Lipinski definition) is 0. The molecule has 0 heterocycles. The van der Waals surface area contributed by atoms with Gasteiger partial charge in [-0.15, -0.1) is 24.8 Å². The second-order valence-corrected chi connectivity index (χ2v) is 11.3. The Morgan fingerprint density at radius 1 is 0.690 bits per heavy atom. The van der Waals surface area contributed by atoms with E-state index in [-0.39, 0.29) is 24.8 Å². The molecular formula is C25H32Cl2SiZr. The molecule has 0 aromatic heterocycles. The summed E-state index contributed by atoms with van der Waals surface area (Å²) < 4.78 is 0. The van der Waals surface area contributed by atoms with Crippen LogP contribution in [0.3, 0.4) is 0 Å². The van der Waals surface area contributed by atoms with Crippen LogP contribution in [0.25, 0.3) is 0 Å². The van der Waals surface area contributed by atoms with Gasteiger partial charge in [0.25, 0.3) is 0 Å². The molecule has 0 N–H and O–H groups in total. The van der Waals surface area contributed by atoms with Crippen LogP contribution in [0.4, 0.5) is 0 Å². The fraction of sp³-hybridized carbons (Fsp3) is 0.360. The molecule has 0 radical (unpaired) electrons. The Morgan fingerprint density at radius 2 is 1.17 bits per heavy atom. The predicted octanol–water partition coefficient (Wildman–Crippen LogP) is 6.50. The molecule has 5 rings (SSSR count). The Balaban J connectivity index is 0.000000210. The first-order valence-corrected chi connectivity index (χ1v) is 16.0. The minimum absolute atomic E-state index is 0. The van der Waals surface area contributed by atoms with E-state index in [1.54, 1.807) is 45.6 Å². The Bertz CT molecular complexity index is 720. The Kier molecular flexibility index (Phi) is 14.2. The molecule has 29 heavy (non-hydrogen) atoms. The molecule has 0 fully saturated rings. The van der Waals surface area contributed by atoms with Crippen LogP contribution in [0.2, 0.25) is 0 Å². The van der Waals surface area contributed by atoms with Crippen molar-refractivity contribution in [2.75, 3.05) is 0 Å². The smallest absolute Gasteiger partial charge is 0.0512 e. The number of rotatable bonds is 2. The van der Waals surface area contributed by atoms with Crippen LogP contribution in [0, 0.1) is 0 Å². The van der Waals surface area contributed by atoms with Gasteiger partial charge in [0.05, 0.1) is 0 Å². The van der Waals surface area contributed by atoms with E-state index in [2.05, 4.69) is 66.7 Å². The molecule has 2 aliphatic rings. The Morgan fingerprint density at radius 3 is 1.62 bits per heavy atom. The second kappa shape index (κ2) is 15.4. The van der Waals surface area contributed by atoms with E-state index >= 15 is 0 Å². The summed E-state index contributed by atoms with van der Waals surface area (Å²) in [6, 6.07) is 25.4. The number of hydrogen-bond donors (Lipinski definition) is 0. The van der Waals surface area contributed by atoms with Gasteiger partial charge in [0, 0.05) is 0 Å². The second-order valence-electron chi connectivity index (χ2n) is 7.46. The van der Waals surface area contributed by atoms with Gasteiger partial charge in [0.15, 0.2) is 0 Å². The predicted molar refractivity (Wildman–Crippen MR) is 129 cm³/mol. The molecule has 0 atom stereocenters. The van der Waals surface area contributed by atoms with Crippen molar-refractivity contribution in [2.45, 2.75) is 57.4 Å². The maximum atomic E-state index is 2.26. The SMILES string of the molecule is Cl.Cl.[Zr+2]=[SiH]Cc1ccccc1.c1cc2c([cH-]1)CCCC2.c1cc2c([cH-]1)CCCC2. The van der Waals surface area contributed by atoms with Crippen molar-refractivity contribution in [3.63, 3.8) is 0 Å². The van der Waals surface area contributed by atoms with Crippen molar-refractivity contribution in [1.29, 1.82) is 0 Å². The van der Waals surface area contributed by atoms with Crippen molar-refractivity contribution >= 4 is 31.0 Å². The molecule has 0 amide bonds. The summed E-state index contributed by atoms with van der Waals surface area (Å²) in [6.45, 7) is 0. The molecule has 3 aromatic rings. The summed E-state index contributed by atoms with van der Waals surface area (Å²) in [5.74, 6) is 0. The Hall–Kier alpha value is -0.400.